The van der Waals surface area contributed by atoms with Crippen molar-refractivity contribution in [1.29, 1.82) is 0 Å². The second-order valence-electron chi connectivity index (χ2n) is 4.52. The molecule has 3 nitrogen and oxygen atoms in total. The zero-order valence-corrected chi connectivity index (χ0v) is 10.7. The first-order valence-corrected chi connectivity index (χ1v) is 7.68. The zero-order valence-electron chi connectivity index (χ0n) is 9.92. The van der Waals surface area contributed by atoms with Crippen molar-refractivity contribution in [3.8, 4) is 0 Å². The predicted octanol–water partition coefficient (Wildman–Crippen LogP) is 0.875. The lowest BCUT2D eigenvalue weighted by atomic mass is 10.1. The molecule has 4 heteroatoms. The summed E-state index contributed by atoms with van der Waals surface area (Å²) in [5.74, 6) is 0.821. The molecule has 0 aliphatic carbocycles. The SMILES string of the molecule is CC(CC1CCCN1)NCCCS(C)=O. The molecule has 3 atom stereocenters. The van der Waals surface area contributed by atoms with Crippen LogP contribution < -0.4 is 10.6 Å². The molecule has 0 aromatic heterocycles. The summed E-state index contributed by atoms with van der Waals surface area (Å²) < 4.78 is 10.8. The van der Waals surface area contributed by atoms with E-state index in [9.17, 15) is 4.21 Å². The summed E-state index contributed by atoms with van der Waals surface area (Å²) in [5, 5.41) is 7.00. The highest BCUT2D eigenvalue weighted by Crippen LogP contribution is 2.10. The zero-order chi connectivity index (χ0) is 11.1. The molecule has 0 aromatic rings. The molecule has 0 bridgehead atoms. The smallest absolute Gasteiger partial charge is 0.0244 e. The Labute approximate surface area is 95.9 Å². The van der Waals surface area contributed by atoms with E-state index in [4.69, 9.17) is 0 Å². The van der Waals surface area contributed by atoms with Crippen molar-refractivity contribution in [3.63, 3.8) is 0 Å². The van der Waals surface area contributed by atoms with Gasteiger partial charge in [0.25, 0.3) is 0 Å². The van der Waals surface area contributed by atoms with Crippen LogP contribution in [0.3, 0.4) is 0 Å². The maximum Gasteiger partial charge on any atom is 0.0244 e. The molecule has 0 spiro atoms. The van der Waals surface area contributed by atoms with Crippen LogP contribution >= 0.6 is 0 Å². The largest absolute Gasteiger partial charge is 0.314 e. The third-order valence-corrected chi connectivity index (χ3v) is 3.77. The molecule has 2 N–H and O–H groups in total. The summed E-state index contributed by atoms with van der Waals surface area (Å²) in [6, 6.07) is 1.29. The van der Waals surface area contributed by atoms with Crippen LogP contribution in [-0.4, -0.2) is 41.4 Å². The predicted molar refractivity (Wildman–Crippen MR) is 66.7 cm³/mol. The normalized spacial score (nSPS) is 25.3. The lowest BCUT2D eigenvalue weighted by molar-refractivity contribution is 0.441. The maximum absolute atomic E-state index is 10.8. The van der Waals surface area contributed by atoms with Crippen molar-refractivity contribution in [2.75, 3.05) is 25.1 Å². The van der Waals surface area contributed by atoms with Gasteiger partial charge in [0.1, 0.15) is 0 Å². The van der Waals surface area contributed by atoms with Crippen molar-refractivity contribution in [2.45, 2.75) is 44.7 Å². The average Bonchev–Trinajstić information content (AvgIpc) is 2.64. The second-order valence-corrected chi connectivity index (χ2v) is 6.07. The van der Waals surface area contributed by atoms with Gasteiger partial charge in [-0.05, 0) is 45.7 Å². The van der Waals surface area contributed by atoms with Gasteiger partial charge in [-0.1, -0.05) is 0 Å². The van der Waals surface area contributed by atoms with E-state index in [0.717, 1.165) is 18.7 Å². The molecule has 0 aromatic carbocycles. The van der Waals surface area contributed by atoms with E-state index < -0.39 is 10.8 Å². The van der Waals surface area contributed by atoms with Gasteiger partial charge in [-0.15, -0.1) is 0 Å². The molecule has 15 heavy (non-hydrogen) atoms. The summed E-state index contributed by atoms with van der Waals surface area (Å²) in [5.41, 5.74) is 0. The van der Waals surface area contributed by atoms with Crippen LogP contribution in [0.2, 0.25) is 0 Å². The van der Waals surface area contributed by atoms with Crippen LogP contribution in [0.25, 0.3) is 0 Å². The van der Waals surface area contributed by atoms with E-state index in [0.29, 0.717) is 12.1 Å². The molecular formula is C11H24N2OS. The Kier molecular flexibility index (Phi) is 6.45. The lowest BCUT2D eigenvalue weighted by Gasteiger charge is -2.18. The van der Waals surface area contributed by atoms with Crippen molar-refractivity contribution >= 4 is 10.8 Å². The Hall–Kier alpha value is 0.0700. The molecule has 1 heterocycles. The summed E-state index contributed by atoms with van der Waals surface area (Å²) in [7, 11) is -0.637. The molecule has 0 saturated carbocycles. The standard InChI is InChI=1S/C11H24N2OS/c1-10(9-11-5-3-6-13-11)12-7-4-8-15(2)14/h10-13H,3-9H2,1-2H3. The van der Waals surface area contributed by atoms with Crippen LogP contribution in [0, 0.1) is 0 Å². The van der Waals surface area contributed by atoms with E-state index in [1.54, 1.807) is 6.26 Å². The maximum atomic E-state index is 10.8. The summed E-state index contributed by atoms with van der Waals surface area (Å²) in [6.07, 6.45) is 6.66. The van der Waals surface area contributed by atoms with Crippen molar-refractivity contribution in [3.05, 3.63) is 0 Å². The van der Waals surface area contributed by atoms with Crippen LogP contribution in [0.4, 0.5) is 0 Å². The van der Waals surface area contributed by atoms with Gasteiger partial charge < -0.3 is 10.6 Å². The van der Waals surface area contributed by atoms with Crippen LogP contribution in [0.1, 0.15) is 32.6 Å². The Balaban J connectivity index is 1.97. The van der Waals surface area contributed by atoms with Crippen molar-refractivity contribution in [2.24, 2.45) is 0 Å². The first kappa shape index (κ1) is 13.1. The van der Waals surface area contributed by atoms with Crippen LogP contribution in [-0.2, 0) is 10.8 Å². The molecular weight excluding hydrogens is 208 g/mol. The summed E-state index contributed by atoms with van der Waals surface area (Å²) in [6.45, 7) is 4.42. The Morgan fingerprint density at radius 2 is 2.40 bits per heavy atom. The molecule has 0 amide bonds. The van der Waals surface area contributed by atoms with Gasteiger partial charge in [0.2, 0.25) is 0 Å². The topological polar surface area (TPSA) is 41.1 Å². The summed E-state index contributed by atoms with van der Waals surface area (Å²) >= 11 is 0. The highest BCUT2D eigenvalue weighted by molar-refractivity contribution is 7.84. The fourth-order valence-electron chi connectivity index (χ4n) is 2.09. The number of hydrogen-bond acceptors (Lipinski definition) is 3. The molecule has 1 rings (SSSR count). The summed E-state index contributed by atoms with van der Waals surface area (Å²) in [4.78, 5) is 0. The quantitative estimate of drug-likeness (QED) is 0.640. The molecule has 1 fully saturated rings. The van der Waals surface area contributed by atoms with Gasteiger partial charge in [0.05, 0.1) is 0 Å². The lowest BCUT2D eigenvalue weighted by Crippen LogP contribution is -2.34. The molecule has 1 saturated heterocycles. The van der Waals surface area contributed by atoms with Crippen LogP contribution in [0.5, 0.6) is 0 Å². The monoisotopic (exact) mass is 232 g/mol. The van der Waals surface area contributed by atoms with Gasteiger partial charge in [-0.25, -0.2) is 0 Å². The first-order valence-electron chi connectivity index (χ1n) is 5.95. The highest BCUT2D eigenvalue weighted by Gasteiger charge is 2.16. The minimum atomic E-state index is -0.637. The number of rotatable bonds is 7. The van der Waals surface area contributed by atoms with Crippen LogP contribution in [0.15, 0.2) is 0 Å². The van der Waals surface area contributed by atoms with Crippen molar-refractivity contribution in [1.82, 2.24) is 10.6 Å². The fraction of sp³-hybridized carbons (Fsp3) is 1.00. The van der Waals surface area contributed by atoms with Gasteiger partial charge in [0.15, 0.2) is 0 Å². The molecule has 90 valence electrons. The Morgan fingerprint density at radius 3 is 3.00 bits per heavy atom. The third-order valence-electron chi connectivity index (χ3n) is 2.90. The van der Waals surface area contributed by atoms with E-state index in [2.05, 4.69) is 17.6 Å². The van der Waals surface area contributed by atoms with Gasteiger partial charge in [-0.3, -0.25) is 4.21 Å². The Bertz CT molecular complexity index is 193. The van der Waals surface area contributed by atoms with E-state index >= 15 is 0 Å². The molecule has 3 unspecified atom stereocenters. The first-order chi connectivity index (χ1) is 7.18. The van der Waals surface area contributed by atoms with E-state index in [1.165, 1.54) is 25.8 Å². The van der Waals surface area contributed by atoms with Gasteiger partial charge in [-0.2, -0.15) is 0 Å². The minimum Gasteiger partial charge on any atom is -0.314 e. The number of nitrogens with one attached hydrogen (secondary N) is 2. The highest BCUT2D eigenvalue weighted by atomic mass is 32.2. The number of hydrogen-bond donors (Lipinski definition) is 2. The third kappa shape index (κ3) is 6.28. The average molecular weight is 232 g/mol. The Morgan fingerprint density at radius 1 is 1.60 bits per heavy atom. The van der Waals surface area contributed by atoms with E-state index in [1.807, 2.05) is 0 Å². The molecule has 0 radical (unpaired) electrons. The fourth-order valence-corrected chi connectivity index (χ4v) is 2.64. The molecule has 1 aliphatic rings. The second kappa shape index (κ2) is 7.36. The van der Waals surface area contributed by atoms with Gasteiger partial charge in [0, 0.05) is 34.9 Å². The van der Waals surface area contributed by atoms with E-state index in [-0.39, 0.29) is 0 Å². The molecule has 1 aliphatic heterocycles. The minimum absolute atomic E-state index is 0.575. The van der Waals surface area contributed by atoms with Crippen molar-refractivity contribution < 1.29 is 4.21 Å². The van der Waals surface area contributed by atoms with Gasteiger partial charge >= 0.3 is 0 Å².